The zero-order valence-electron chi connectivity index (χ0n) is 14.5. The number of imide groups is 1. The van der Waals surface area contributed by atoms with Crippen LogP contribution >= 0.6 is 0 Å². The molecule has 1 spiro atoms. The molecule has 1 aliphatic heterocycles. The number of hydrogen-bond donors (Lipinski definition) is 2. The third kappa shape index (κ3) is 4.11. The summed E-state index contributed by atoms with van der Waals surface area (Å²) < 4.78 is 5.02. The number of nitrogens with zero attached hydrogens (tertiary/aromatic N) is 1. The molecule has 8 heteroatoms. The number of esters is 1. The molecule has 2 saturated carbocycles. The van der Waals surface area contributed by atoms with E-state index in [2.05, 4.69) is 17.6 Å². The molecule has 3 fully saturated rings. The highest BCUT2D eigenvalue weighted by Crippen LogP contribution is 2.36. The molecule has 0 aromatic carbocycles. The number of ether oxygens (including phenoxy) is 1. The molecule has 0 aromatic rings. The molecule has 0 atom stereocenters. The fourth-order valence-corrected chi connectivity index (χ4v) is 3.33. The lowest BCUT2D eigenvalue weighted by Gasteiger charge is -2.33. The second-order valence-corrected chi connectivity index (χ2v) is 7.49. The molecule has 1 saturated heterocycles. The van der Waals surface area contributed by atoms with E-state index in [-0.39, 0.29) is 19.0 Å². The molecule has 8 nitrogen and oxygen atoms in total. The topological polar surface area (TPSA) is 105 Å². The van der Waals surface area contributed by atoms with Gasteiger partial charge >= 0.3 is 12.0 Å². The zero-order chi connectivity index (χ0) is 18.0. The number of carbonyl (C=O) groups excluding carboxylic acids is 4. The van der Waals surface area contributed by atoms with Crippen LogP contribution in [0.5, 0.6) is 0 Å². The van der Waals surface area contributed by atoms with Crippen molar-refractivity contribution >= 4 is 23.8 Å². The van der Waals surface area contributed by atoms with Crippen molar-refractivity contribution in [1.29, 1.82) is 0 Å². The summed E-state index contributed by atoms with van der Waals surface area (Å²) in [5, 5.41) is 5.17. The molecule has 4 amide bonds. The van der Waals surface area contributed by atoms with Crippen molar-refractivity contribution < 1.29 is 23.9 Å². The first-order chi connectivity index (χ1) is 11.9. The maximum absolute atomic E-state index is 12.6. The minimum Gasteiger partial charge on any atom is -0.464 e. The predicted octanol–water partition coefficient (Wildman–Crippen LogP) is 0.557. The van der Waals surface area contributed by atoms with Gasteiger partial charge in [-0.3, -0.25) is 19.3 Å². The maximum Gasteiger partial charge on any atom is 0.325 e. The Bertz CT molecular complexity index is 579. The molecule has 138 valence electrons. The molecule has 2 aliphatic carbocycles. The smallest absolute Gasteiger partial charge is 0.325 e. The highest BCUT2D eigenvalue weighted by atomic mass is 16.5. The van der Waals surface area contributed by atoms with Crippen molar-refractivity contribution in [1.82, 2.24) is 15.5 Å². The van der Waals surface area contributed by atoms with Crippen LogP contribution in [-0.4, -0.2) is 54.0 Å². The summed E-state index contributed by atoms with van der Waals surface area (Å²) in [5.74, 6) is -0.395. The van der Waals surface area contributed by atoms with Crippen LogP contribution in [0.4, 0.5) is 4.79 Å². The zero-order valence-corrected chi connectivity index (χ0v) is 14.5. The molecule has 2 N–H and O–H groups in total. The molecular weight excluding hydrogens is 326 g/mol. The number of nitrogens with one attached hydrogen (secondary N) is 2. The third-order valence-corrected chi connectivity index (χ3v) is 5.28. The number of rotatable bonds is 6. The maximum atomic E-state index is 12.6. The lowest BCUT2D eigenvalue weighted by molar-refractivity contribution is -0.144. The summed E-state index contributed by atoms with van der Waals surface area (Å²) in [6.45, 7) is 1.89. The number of carbonyl (C=O) groups is 4. The highest BCUT2D eigenvalue weighted by Gasteiger charge is 2.52. The van der Waals surface area contributed by atoms with Gasteiger partial charge in [0.1, 0.15) is 18.6 Å². The standard InChI is InChI=1S/C17H25N3O5/c1-11-4-6-17(7-5-11)15(23)20(16(24)19-17)9-13(21)18-8-14(22)25-10-12-2-3-12/h11-12H,2-10H2,1H3,(H,18,21)(H,19,24). The Morgan fingerprint density at radius 1 is 1.24 bits per heavy atom. The Kier molecular flexibility index (Phi) is 4.96. The Morgan fingerprint density at radius 3 is 2.56 bits per heavy atom. The van der Waals surface area contributed by atoms with Crippen molar-refractivity contribution in [3.8, 4) is 0 Å². The quantitative estimate of drug-likeness (QED) is 0.537. The van der Waals surface area contributed by atoms with Gasteiger partial charge in [0.2, 0.25) is 5.91 Å². The highest BCUT2D eigenvalue weighted by molar-refractivity contribution is 6.09. The van der Waals surface area contributed by atoms with Crippen molar-refractivity contribution in [2.45, 2.75) is 51.0 Å². The number of urea groups is 1. The third-order valence-electron chi connectivity index (χ3n) is 5.28. The van der Waals surface area contributed by atoms with E-state index >= 15 is 0 Å². The molecule has 1 heterocycles. The van der Waals surface area contributed by atoms with E-state index in [1.165, 1.54) is 0 Å². The summed E-state index contributed by atoms with van der Waals surface area (Å²) in [5.41, 5.74) is -0.854. The molecule has 0 unspecified atom stereocenters. The summed E-state index contributed by atoms with van der Waals surface area (Å²) in [7, 11) is 0. The lowest BCUT2D eigenvalue weighted by Crippen LogP contribution is -2.50. The summed E-state index contributed by atoms with van der Waals surface area (Å²) in [6.07, 6.45) is 5.10. The van der Waals surface area contributed by atoms with Gasteiger partial charge in [-0.05, 0) is 50.4 Å². The van der Waals surface area contributed by atoms with Crippen molar-refractivity contribution in [3.05, 3.63) is 0 Å². The van der Waals surface area contributed by atoms with Gasteiger partial charge in [-0.15, -0.1) is 0 Å². The normalized spacial score (nSPS) is 28.8. The van der Waals surface area contributed by atoms with Gasteiger partial charge in [-0.1, -0.05) is 6.92 Å². The molecule has 0 aromatic heterocycles. The van der Waals surface area contributed by atoms with Crippen LogP contribution in [0.3, 0.4) is 0 Å². The monoisotopic (exact) mass is 351 g/mol. The Labute approximate surface area is 146 Å². The number of hydrogen-bond acceptors (Lipinski definition) is 5. The van der Waals surface area contributed by atoms with E-state index in [9.17, 15) is 19.2 Å². The number of amides is 4. The van der Waals surface area contributed by atoms with Crippen LogP contribution in [0.1, 0.15) is 45.4 Å². The van der Waals surface area contributed by atoms with Gasteiger partial charge < -0.3 is 15.4 Å². The fraction of sp³-hybridized carbons (Fsp3) is 0.765. The van der Waals surface area contributed by atoms with Crippen LogP contribution < -0.4 is 10.6 Å². The second-order valence-electron chi connectivity index (χ2n) is 7.49. The van der Waals surface area contributed by atoms with Gasteiger partial charge in [0, 0.05) is 0 Å². The van der Waals surface area contributed by atoms with Gasteiger partial charge in [-0.2, -0.15) is 0 Å². The van der Waals surface area contributed by atoms with E-state index in [0.29, 0.717) is 31.3 Å². The predicted molar refractivity (Wildman–Crippen MR) is 87.3 cm³/mol. The Hall–Kier alpha value is -2.12. The summed E-state index contributed by atoms with van der Waals surface area (Å²) >= 11 is 0. The van der Waals surface area contributed by atoms with Crippen LogP contribution in [0.15, 0.2) is 0 Å². The van der Waals surface area contributed by atoms with E-state index < -0.39 is 23.4 Å². The molecule has 3 aliphatic rings. The minimum absolute atomic E-state index is 0.252. The van der Waals surface area contributed by atoms with Gasteiger partial charge in [0.25, 0.3) is 5.91 Å². The van der Waals surface area contributed by atoms with Crippen LogP contribution in [-0.2, 0) is 19.1 Å². The molecule has 3 rings (SSSR count). The first-order valence-corrected chi connectivity index (χ1v) is 8.96. The first kappa shape index (κ1) is 17.7. The van der Waals surface area contributed by atoms with Crippen molar-refractivity contribution in [2.75, 3.05) is 19.7 Å². The van der Waals surface area contributed by atoms with E-state index in [1.54, 1.807) is 0 Å². The fourth-order valence-electron chi connectivity index (χ4n) is 3.33. The lowest BCUT2D eigenvalue weighted by atomic mass is 9.77. The second kappa shape index (κ2) is 7.01. The van der Waals surface area contributed by atoms with Crippen LogP contribution in [0, 0.1) is 11.8 Å². The van der Waals surface area contributed by atoms with Crippen LogP contribution in [0.2, 0.25) is 0 Å². The molecular formula is C17H25N3O5. The summed E-state index contributed by atoms with van der Waals surface area (Å²) in [4.78, 5) is 49.2. The largest absolute Gasteiger partial charge is 0.464 e. The van der Waals surface area contributed by atoms with E-state index in [1.807, 2.05) is 0 Å². The molecule has 25 heavy (non-hydrogen) atoms. The Balaban J connectivity index is 1.46. The molecule has 0 radical (unpaired) electrons. The minimum atomic E-state index is -0.854. The first-order valence-electron chi connectivity index (χ1n) is 8.96. The van der Waals surface area contributed by atoms with Crippen molar-refractivity contribution in [2.24, 2.45) is 11.8 Å². The average molecular weight is 351 g/mol. The Morgan fingerprint density at radius 2 is 1.92 bits per heavy atom. The van der Waals surface area contributed by atoms with Gasteiger partial charge in [0.05, 0.1) is 6.61 Å². The van der Waals surface area contributed by atoms with Gasteiger partial charge in [0.15, 0.2) is 0 Å². The molecule has 0 bridgehead atoms. The average Bonchev–Trinajstić information content (AvgIpc) is 3.38. The van der Waals surface area contributed by atoms with Crippen LogP contribution in [0.25, 0.3) is 0 Å². The van der Waals surface area contributed by atoms with E-state index in [0.717, 1.165) is 30.6 Å². The SMILES string of the molecule is CC1CCC2(CC1)NC(=O)N(CC(=O)NCC(=O)OCC1CC1)C2=O. The van der Waals surface area contributed by atoms with Crippen molar-refractivity contribution in [3.63, 3.8) is 0 Å². The summed E-state index contributed by atoms with van der Waals surface area (Å²) in [6, 6.07) is -0.536. The van der Waals surface area contributed by atoms with Gasteiger partial charge in [-0.25, -0.2) is 4.79 Å². The van der Waals surface area contributed by atoms with E-state index in [4.69, 9.17) is 4.74 Å².